The third-order valence-electron chi connectivity index (χ3n) is 3.16. The first-order valence-corrected chi connectivity index (χ1v) is 6.20. The van der Waals surface area contributed by atoms with Crippen molar-refractivity contribution in [1.29, 1.82) is 0 Å². The van der Waals surface area contributed by atoms with Gasteiger partial charge in [0.2, 0.25) is 5.91 Å². The molecule has 3 atom stereocenters. The molecule has 1 fully saturated rings. The number of carbonyl (C=O) groups is 1. The maximum atomic E-state index is 12.0. The second-order valence-corrected chi connectivity index (χ2v) is 4.82. The van der Waals surface area contributed by atoms with Gasteiger partial charge in [0, 0.05) is 26.1 Å². The molecule has 16 heavy (non-hydrogen) atoms. The average molecular weight is 228 g/mol. The van der Waals surface area contributed by atoms with E-state index in [2.05, 4.69) is 13.8 Å². The fourth-order valence-corrected chi connectivity index (χ4v) is 1.95. The first-order chi connectivity index (χ1) is 7.56. The minimum Gasteiger partial charge on any atom is -0.370 e. The normalized spacial score (nSPS) is 27.9. The summed E-state index contributed by atoms with van der Waals surface area (Å²) in [6.07, 6.45) is 1.79. The second kappa shape index (κ2) is 6.21. The Morgan fingerprint density at radius 1 is 1.56 bits per heavy atom. The number of nitrogens with two attached hydrogens (primary N) is 1. The van der Waals surface area contributed by atoms with Gasteiger partial charge in [-0.15, -0.1) is 0 Å². The molecule has 1 saturated heterocycles. The maximum Gasteiger partial charge on any atom is 0.223 e. The number of hydrogen-bond acceptors (Lipinski definition) is 3. The molecule has 3 unspecified atom stereocenters. The van der Waals surface area contributed by atoms with Crippen LogP contribution in [-0.2, 0) is 9.53 Å². The van der Waals surface area contributed by atoms with Gasteiger partial charge in [-0.2, -0.15) is 0 Å². The highest BCUT2D eigenvalue weighted by atomic mass is 16.5. The Morgan fingerprint density at radius 3 is 2.81 bits per heavy atom. The molecular formula is C12H24N2O2. The van der Waals surface area contributed by atoms with Gasteiger partial charge in [0.15, 0.2) is 0 Å². The minimum atomic E-state index is 0.00429. The van der Waals surface area contributed by atoms with Crippen LogP contribution in [0.2, 0.25) is 0 Å². The second-order valence-electron chi connectivity index (χ2n) is 4.82. The summed E-state index contributed by atoms with van der Waals surface area (Å²) >= 11 is 0. The van der Waals surface area contributed by atoms with Crippen LogP contribution in [0.1, 0.15) is 33.6 Å². The van der Waals surface area contributed by atoms with Crippen LogP contribution in [0.5, 0.6) is 0 Å². The van der Waals surface area contributed by atoms with Gasteiger partial charge >= 0.3 is 0 Å². The topological polar surface area (TPSA) is 55.6 Å². The fourth-order valence-electron chi connectivity index (χ4n) is 1.95. The quantitative estimate of drug-likeness (QED) is 0.781. The number of hydrogen-bond donors (Lipinski definition) is 1. The third-order valence-corrected chi connectivity index (χ3v) is 3.16. The first-order valence-electron chi connectivity index (χ1n) is 6.20. The van der Waals surface area contributed by atoms with Crippen molar-refractivity contribution < 1.29 is 9.53 Å². The Kier molecular flexibility index (Phi) is 5.22. The van der Waals surface area contributed by atoms with E-state index in [1.54, 1.807) is 0 Å². The van der Waals surface area contributed by atoms with Gasteiger partial charge in [-0.3, -0.25) is 4.79 Å². The molecule has 1 heterocycles. The summed E-state index contributed by atoms with van der Waals surface area (Å²) in [6, 6.07) is 0. The molecule has 0 aromatic carbocycles. The largest absolute Gasteiger partial charge is 0.370 e. The zero-order chi connectivity index (χ0) is 12.1. The number of nitrogens with zero attached hydrogens (tertiary/aromatic N) is 1. The smallest absolute Gasteiger partial charge is 0.223 e. The molecule has 1 amide bonds. The Labute approximate surface area is 98.1 Å². The Hall–Kier alpha value is -0.610. The van der Waals surface area contributed by atoms with Crippen molar-refractivity contribution in [1.82, 2.24) is 4.90 Å². The monoisotopic (exact) mass is 228 g/mol. The molecule has 0 aromatic rings. The van der Waals surface area contributed by atoms with Gasteiger partial charge in [0.1, 0.15) is 0 Å². The van der Waals surface area contributed by atoms with Gasteiger partial charge in [-0.25, -0.2) is 0 Å². The van der Waals surface area contributed by atoms with E-state index in [4.69, 9.17) is 10.5 Å². The highest BCUT2D eigenvalue weighted by Gasteiger charge is 2.27. The van der Waals surface area contributed by atoms with Crippen LogP contribution in [0.15, 0.2) is 0 Å². The molecule has 0 saturated carbocycles. The summed E-state index contributed by atoms with van der Waals surface area (Å²) in [4.78, 5) is 13.9. The molecular weight excluding hydrogens is 204 g/mol. The van der Waals surface area contributed by atoms with Crippen LogP contribution in [0, 0.1) is 5.92 Å². The lowest BCUT2D eigenvalue weighted by Crippen LogP contribution is -2.51. The van der Waals surface area contributed by atoms with Gasteiger partial charge in [0.25, 0.3) is 0 Å². The van der Waals surface area contributed by atoms with Gasteiger partial charge in [-0.05, 0) is 12.8 Å². The summed E-state index contributed by atoms with van der Waals surface area (Å²) in [5.74, 6) is 0.699. The average Bonchev–Trinajstić information content (AvgIpc) is 2.27. The zero-order valence-electron chi connectivity index (χ0n) is 10.6. The predicted molar refractivity (Wildman–Crippen MR) is 64.0 cm³/mol. The summed E-state index contributed by atoms with van der Waals surface area (Å²) in [5, 5.41) is 0. The molecule has 1 aliphatic heterocycles. The standard InChI is InChI=1S/C12H24N2O2/c1-4-9(2)5-12(15)14-7-10(3)16-11(6-13)8-14/h9-11H,4-8,13H2,1-3H3. The lowest BCUT2D eigenvalue weighted by molar-refractivity contribution is -0.144. The first kappa shape index (κ1) is 13.5. The van der Waals surface area contributed by atoms with Crippen LogP contribution in [-0.4, -0.2) is 42.6 Å². The molecule has 94 valence electrons. The Morgan fingerprint density at radius 2 is 2.25 bits per heavy atom. The zero-order valence-corrected chi connectivity index (χ0v) is 10.6. The van der Waals surface area contributed by atoms with Crippen LogP contribution in [0.4, 0.5) is 0 Å². The van der Waals surface area contributed by atoms with Crippen LogP contribution < -0.4 is 5.73 Å². The summed E-state index contributed by atoms with van der Waals surface area (Å²) in [7, 11) is 0. The predicted octanol–water partition coefficient (Wildman–Crippen LogP) is 0.997. The number of ether oxygens (including phenoxy) is 1. The highest BCUT2D eigenvalue weighted by Crippen LogP contribution is 2.15. The van der Waals surface area contributed by atoms with Gasteiger partial charge in [-0.1, -0.05) is 20.3 Å². The van der Waals surface area contributed by atoms with Crippen molar-refractivity contribution in [3.63, 3.8) is 0 Å². The lowest BCUT2D eigenvalue weighted by atomic mass is 10.0. The van der Waals surface area contributed by atoms with E-state index < -0.39 is 0 Å². The van der Waals surface area contributed by atoms with Crippen molar-refractivity contribution in [2.24, 2.45) is 11.7 Å². The van der Waals surface area contributed by atoms with Crippen LogP contribution in [0.3, 0.4) is 0 Å². The van der Waals surface area contributed by atoms with Gasteiger partial charge in [0.05, 0.1) is 12.2 Å². The molecule has 1 aliphatic rings. The SMILES string of the molecule is CCC(C)CC(=O)N1CC(C)OC(CN)C1. The number of carbonyl (C=O) groups excluding carboxylic acids is 1. The number of morpholine rings is 1. The third kappa shape index (κ3) is 3.76. The molecule has 0 aliphatic carbocycles. The summed E-state index contributed by atoms with van der Waals surface area (Å²) < 4.78 is 5.63. The van der Waals surface area contributed by atoms with Crippen molar-refractivity contribution in [3.05, 3.63) is 0 Å². The minimum absolute atomic E-state index is 0.00429. The van der Waals surface area contributed by atoms with E-state index in [9.17, 15) is 4.79 Å². The molecule has 0 radical (unpaired) electrons. The molecule has 1 rings (SSSR count). The fraction of sp³-hybridized carbons (Fsp3) is 0.917. The molecule has 4 heteroatoms. The van der Waals surface area contributed by atoms with E-state index in [0.29, 0.717) is 32.0 Å². The Balaban J connectivity index is 2.48. The van der Waals surface area contributed by atoms with E-state index in [0.717, 1.165) is 6.42 Å². The van der Waals surface area contributed by atoms with Crippen molar-refractivity contribution in [3.8, 4) is 0 Å². The van der Waals surface area contributed by atoms with Crippen molar-refractivity contribution in [2.45, 2.75) is 45.8 Å². The summed E-state index contributed by atoms with van der Waals surface area (Å²) in [6.45, 7) is 8.05. The molecule has 0 bridgehead atoms. The van der Waals surface area contributed by atoms with Crippen LogP contribution >= 0.6 is 0 Å². The molecule has 4 nitrogen and oxygen atoms in total. The van der Waals surface area contributed by atoms with E-state index in [1.807, 2.05) is 11.8 Å². The van der Waals surface area contributed by atoms with Crippen LogP contribution in [0.25, 0.3) is 0 Å². The van der Waals surface area contributed by atoms with Crippen molar-refractivity contribution >= 4 is 5.91 Å². The van der Waals surface area contributed by atoms with E-state index >= 15 is 0 Å². The molecule has 0 spiro atoms. The van der Waals surface area contributed by atoms with Gasteiger partial charge < -0.3 is 15.4 Å². The lowest BCUT2D eigenvalue weighted by Gasteiger charge is -2.36. The van der Waals surface area contributed by atoms with E-state index in [1.165, 1.54) is 0 Å². The number of rotatable bonds is 4. The Bertz CT molecular complexity index is 233. The maximum absolute atomic E-state index is 12.0. The van der Waals surface area contributed by atoms with E-state index in [-0.39, 0.29) is 18.1 Å². The molecule has 2 N–H and O–H groups in total. The molecule has 0 aromatic heterocycles. The summed E-state index contributed by atoms with van der Waals surface area (Å²) in [5.41, 5.74) is 5.59. The van der Waals surface area contributed by atoms with Crippen molar-refractivity contribution in [2.75, 3.05) is 19.6 Å². The number of amides is 1. The highest BCUT2D eigenvalue weighted by molar-refractivity contribution is 5.76.